The normalized spacial score (nSPS) is 11.6. The van der Waals surface area contributed by atoms with Crippen LogP contribution >= 0.6 is 0 Å². The quantitative estimate of drug-likeness (QED) is 0.643. The number of sulfone groups is 1. The number of rotatable bonds is 3. The van der Waals surface area contributed by atoms with Crippen LogP contribution in [0.2, 0.25) is 0 Å². The second kappa shape index (κ2) is 5.25. The first kappa shape index (κ1) is 14.5. The molecule has 1 aromatic heterocycles. The Labute approximate surface area is 119 Å². The Kier molecular flexibility index (Phi) is 3.81. The van der Waals surface area contributed by atoms with Crippen LogP contribution in [-0.4, -0.2) is 8.42 Å². The van der Waals surface area contributed by atoms with Crippen LogP contribution in [0.3, 0.4) is 0 Å². The second-order valence-corrected chi connectivity index (χ2v) is 6.99. The maximum absolute atomic E-state index is 12.4. The summed E-state index contributed by atoms with van der Waals surface area (Å²) in [5.74, 6) is -0.161. The largest absolute Gasteiger partial charge is 0.618 e. The zero-order valence-corrected chi connectivity index (χ0v) is 12.6. The molecular formula is C15H17NO3S. The van der Waals surface area contributed by atoms with Gasteiger partial charge < -0.3 is 5.21 Å². The standard InChI is InChI=1S/C15H17NO3S/c1-11-4-5-13(3)14(8-11)10-20(18,19)15-9-12(2)6-7-16(15)17/h4-9H,10H2,1-3H3. The average Bonchev–Trinajstić information content (AvgIpc) is 2.36. The van der Waals surface area contributed by atoms with Crippen molar-refractivity contribution < 1.29 is 13.1 Å². The lowest BCUT2D eigenvalue weighted by molar-refractivity contribution is -0.646. The minimum atomic E-state index is -3.66. The van der Waals surface area contributed by atoms with Gasteiger partial charge in [-0.1, -0.05) is 23.8 Å². The minimum absolute atomic E-state index is 0.161. The average molecular weight is 291 g/mol. The van der Waals surface area contributed by atoms with E-state index in [0.29, 0.717) is 4.73 Å². The van der Waals surface area contributed by atoms with Gasteiger partial charge in [0, 0.05) is 12.1 Å². The molecule has 0 aliphatic carbocycles. The molecule has 0 aliphatic rings. The van der Waals surface area contributed by atoms with Crippen molar-refractivity contribution in [2.75, 3.05) is 0 Å². The molecule has 5 heteroatoms. The van der Waals surface area contributed by atoms with Gasteiger partial charge in [0.25, 0.3) is 0 Å². The van der Waals surface area contributed by atoms with Gasteiger partial charge in [0.1, 0.15) is 0 Å². The van der Waals surface area contributed by atoms with Gasteiger partial charge in [-0.3, -0.25) is 0 Å². The molecule has 1 aromatic carbocycles. The van der Waals surface area contributed by atoms with E-state index in [2.05, 4.69) is 0 Å². The van der Waals surface area contributed by atoms with E-state index in [1.165, 1.54) is 12.3 Å². The predicted molar refractivity (Wildman–Crippen MR) is 76.9 cm³/mol. The van der Waals surface area contributed by atoms with E-state index in [1.54, 1.807) is 13.0 Å². The lowest BCUT2D eigenvalue weighted by Gasteiger charge is -2.09. The first-order chi connectivity index (χ1) is 9.29. The Hall–Kier alpha value is -1.88. The third kappa shape index (κ3) is 2.99. The molecule has 20 heavy (non-hydrogen) atoms. The van der Waals surface area contributed by atoms with Crippen molar-refractivity contribution in [3.8, 4) is 0 Å². The first-order valence-electron chi connectivity index (χ1n) is 6.28. The molecule has 0 atom stereocenters. The molecule has 0 N–H and O–H groups in total. The van der Waals surface area contributed by atoms with Crippen LogP contribution in [0.1, 0.15) is 22.3 Å². The summed E-state index contributed by atoms with van der Waals surface area (Å²) in [4.78, 5) is 0. The van der Waals surface area contributed by atoms with Crippen LogP contribution in [0.4, 0.5) is 0 Å². The number of aryl methyl sites for hydroxylation is 3. The molecule has 2 aromatic rings. The molecule has 0 radical (unpaired) electrons. The van der Waals surface area contributed by atoms with E-state index in [1.807, 2.05) is 32.0 Å². The van der Waals surface area contributed by atoms with Gasteiger partial charge in [-0.05, 0) is 37.5 Å². The molecule has 0 aliphatic heterocycles. The lowest BCUT2D eigenvalue weighted by atomic mass is 10.1. The summed E-state index contributed by atoms with van der Waals surface area (Å²) in [5.41, 5.74) is 3.38. The van der Waals surface area contributed by atoms with E-state index in [-0.39, 0.29) is 10.8 Å². The van der Waals surface area contributed by atoms with Crippen LogP contribution in [0.5, 0.6) is 0 Å². The molecule has 0 fully saturated rings. The Morgan fingerprint density at radius 2 is 1.70 bits per heavy atom. The number of hydrogen-bond acceptors (Lipinski definition) is 3. The monoisotopic (exact) mass is 291 g/mol. The molecule has 106 valence electrons. The van der Waals surface area contributed by atoms with E-state index >= 15 is 0 Å². The lowest BCUT2D eigenvalue weighted by Crippen LogP contribution is -2.34. The third-order valence-corrected chi connectivity index (χ3v) is 4.84. The second-order valence-electron chi connectivity index (χ2n) is 5.06. The summed E-state index contributed by atoms with van der Waals surface area (Å²) in [6.07, 6.45) is 1.23. The predicted octanol–water partition coefficient (Wildman–Crippen LogP) is 2.22. The van der Waals surface area contributed by atoms with Crippen LogP contribution in [0, 0.1) is 26.0 Å². The smallest absolute Gasteiger partial charge is 0.309 e. The molecule has 0 bridgehead atoms. The summed E-state index contributed by atoms with van der Waals surface area (Å²) in [6.45, 7) is 5.54. The Bertz CT molecular complexity index is 752. The van der Waals surface area contributed by atoms with Crippen LogP contribution in [-0.2, 0) is 15.6 Å². The third-order valence-electron chi connectivity index (χ3n) is 3.21. The fraction of sp³-hybridized carbons (Fsp3) is 0.267. The summed E-state index contributed by atoms with van der Waals surface area (Å²) < 4.78 is 25.2. The molecule has 0 saturated carbocycles. The highest BCUT2D eigenvalue weighted by Gasteiger charge is 2.25. The molecule has 0 amide bonds. The van der Waals surface area contributed by atoms with Crippen molar-refractivity contribution in [3.05, 3.63) is 64.0 Å². The summed E-state index contributed by atoms with van der Waals surface area (Å²) in [7, 11) is -3.66. The number of pyridine rings is 1. The van der Waals surface area contributed by atoms with Gasteiger partial charge in [-0.25, -0.2) is 8.42 Å². The van der Waals surface area contributed by atoms with E-state index in [4.69, 9.17) is 0 Å². The first-order valence-corrected chi connectivity index (χ1v) is 7.93. The van der Waals surface area contributed by atoms with Crippen LogP contribution in [0.25, 0.3) is 0 Å². The van der Waals surface area contributed by atoms with Crippen molar-refractivity contribution in [2.45, 2.75) is 31.6 Å². The Morgan fingerprint density at radius 1 is 1.05 bits per heavy atom. The van der Waals surface area contributed by atoms with Crippen molar-refractivity contribution in [1.82, 2.24) is 0 Å². The highest BCUT2D eigenvalue weighted by Crippen LogP contribution is 2.18. The topological polar surface area (TPSA) is 61.1 Å². The minimum Gasteiger partial charge on any atom is -0.618 e. The Morgan fingerprint density at radius 3 is 2.40 bits per heavy atom. The van der Waals surface area contributed by atoms with Crippen molar-refractivity contribution in [2.24, 2.45) is 0 Å². The molecule has 4 nitrogen and oxygen atoms in total. The molecular weight excluding hydrogens is 274 g/mol. The summed E-state index contributed by atoms with van der Waals surface area (Å²) >= 11 is 0. The maximum atomic E-state index is 12.4. The summed E-state index contributed by atoms with van der Waals surface area (Å²) in [5, 5.41) is 11.5. The molecule has 0 saturated heterocycles. The zero-order chi connectivity index (χ0) is 14.9. The van der Waals surface area contributed by atoms with Crippen molar-refractivity contribution in [1.29, 1.82) is 0 Å². The van der Waals surface area contributed by atoms with Crippen molar-refractivity contribution >= 4 is 9.84 Å². The molecule has 2 rings (SSSR count). The van der Waals surface area contributed by atoms with Gasteiger partial charge in [-0.2, -0.15) is 4.73 Å². The van der Waals surface area contributed by atoms with Crippen LogP contribution < -0.4 is 4.73 Å². The fourth-order valence-electron chi connectivity index (χ4n) is 2.03. The highest BCUT2D eigenvalue weighted by atomic mass is 32.2. The molecule has 0 spiro atoms. The van der Waals surface area contributed by atoms with Gasteiger partial charge in [-0.15, -0.1) is 0 Å². The fourth-order valence-corrected chi connectivity index (χ4v) is 3.60. The maximum Gasteiger partial charge on any atom is 0.309 e. The van der Waals surface area contributed by atoms with Crippen LogP contribution in [0.15, 0.2) is 41.6 Å². The zero-order valence-electron chi connectivity index (χ0n) is 11.8. The van der Waals surface area contributed by atoms with Crippen molar-refractivity contribution in [3.63, 3.8) is 0 Å². The molecule has 1 heterocycles. The Balaban J connectivity index is 2.46. The van der Waals surface area contributed by atoms with Gasteiger partial charge in [0.2, 0.25) is 9.84 Å². The highest BCUT2D eigenvalue weighted by molar-refractivity contribution is 7.90. The summed E-state index contributed by atoms with van der Waals surface area (Å²) in [6, 6.07) is 8.67. The van der Waals surface area contributed by atoms with Gasteiger partial charge in [0.15, 0.2) is 6.20 Å². The van der Waals surface area contributed by atoms with E-state index < -0.39 is 9.84 Å². The molecule has 0 unspecified atom stereocenters. The van der Waals surface area contributed by atoms with E-state index in [0.717, 1.165) is 22.3 Å². The number of hydrogen-bond donors (Lipinski definition) is 0. The SMILES string of the molecule is Cc1ccc(C)c(CS(=O)(=O)c2cc(C)cc[n+]2[O-])c1. The number of benzene rings is 1. The van der Waals surface area contributed by atoms with E-state index in [9.17, 15) is 13.6 Å². The van der Waals surface area contributed by atoms with Gasteiger partial charge >= 0.3 is 5.03 Å². The number of aromatic nitrogens is 1. The number of nitrogens with zero attached hydrogens (tertiary/aromatic N) is 1. The van der Waals surface area contributed by atoms with Gasteiger partial charge in [0.05, 0.1) is 5.75 Å².